The molecule has 2 aromatic rings. The summed E-state index contributed by atoms with van der Waals surface area (Å²) in [6.07, 6.45) is 1.70. The van der Waals surface area contributed by atoms with Crippen LogP contribution in [-0.2, 0) is 7.05 Å². The highest BCUT2D eigenvalue weighted by atomic mass is 16.5. The molecule has 1 aromatic heterocycles. The Hall–Kier alpha value is -1.71. The Morgan fingerprint density at radius 3 is 2.92 bits per heavy atom. The van der Waals surface area contributed by atoms with Gasteiger partial charge in [0, 0.05) is 19.2 Å². The molecule has 0 unspecified atom stereocenters. The molecule has 0 bridgehead atoms. The van der Waals surface area contributed by atoms with E-state index in [9.17, 15) is 5.11 Å². The van der Waals surface area contributed by atoms with E-state index in [2.05, 4.69) is 4.98 Å². The fourth-order valence-electron chi connectivity index (χ4n) is 1.31. The first-order valence-electron chi connectivity index (χ1n) is 3.90. The van der Waals surface area contributed by atoms with Gasteiger partial charge in [0.05, 0.1) is 24.5 Å². The maximum atomic E-state index is 9.44. The highest BCUT2D eigenvalue weighted by molar-refractivity contribution is 5.79. The Balaban J connectivity index is 2.77. The standard InChI is InChI=1S/C9H10N2O2/c1-11-5-10-6-3-8(12)9(13-2)4-7(6)11/h3-5,12H,1-2H3. The van der Waals surface area contributed by atoms with Gasteiger partial charge in [-0.3, -0.25) is 0 Å². The van der Waals surface area contributed by atoms with Gasteiger partial charge < -0.3 is 14.4 Å². The molecule has 68 valence electrons. The van der Waals surface area contributed by atoms with Crippen LogP contribution in [0.25, 0.3) is 11.0 Å². The number of phenols is 1. The SMILES string of the molecule is COc1cc2c(cc1O)ncn2C. The van der Waals surface area contributed by atoms with E-state index in [0.29, 0.717) is 5.75 Å². The van der Waals surface area contributed by atoms with Crippen LogP contribution in [0.3, 0.4) is 0 Å². The van der Waals surface area contributed by atoms with E-state index in [1.165, 1.54) is 7.11 Å². The fourth-order valence-corrected chi connectivity index (χ4v) is 1.31. The number of fused-ring (bicyclic) bond motifs is 1. The average molecular weight is 178 g/mol. The monoisotopic (exact) mass is 178 g/mol. The van der Waals surface area contributed by atoms with E-state index in [1.807, 2.05) is 11.6 Å². The number of ether oxygens (including phenoxy) is 1. The van der Waals surface area contributed by atoms with Gasteiger partial charge in [-0.15, -0.1) is 0 Å². The van der Waals surface area contributed by atoms with E-state index in [1.54, 1.807) is 18.5 Å². The number of hydrogen-bond acceptors (Lipinski definition) is 3. The first-order chi connectivity index (χ1) is 6.22. The summed E-state index contributed by atoms with van der Waals surface area (Å²) >= 11 is 0. The van der Waals surface area contributed by atoms with Crippen molar-refractivity contribution < 1.29 is 9.84 Å². The van der Waals surface area contributed by atoms with Crippen LogP contribution in [0.4, 0.5) is 0 Å². The third-order valence-electron chi connectivity index (χ3n) is 2.03. The fraction of sp³-hybridized carbons (Fsp3) is 0.222. The average Bonchev–Trinajstić information content (AvgIpc) is 2.46. The van der Waals surface area contributed by atoms with E-state index >= 15 is 0 Å². The van der Waals surface area contributed by atoms with Crippen molar-refractivity contribution >= 4 is 11.0 Å². The molecule has 4 nitrogen and oxygen atoms in total. The summed E-state index contributed by atoms with van der Waals surface area (Å²) < 4.78 is 6.86. The Kier molecular flexibility index (Phi) is 1.62. The number of methoxy groups -OCH3 is 1. The van der Waals surface area contributed by atoms with Gasteiger partial charge in [-0.25, -0.2) is 4.98 Å². The highest BCUT2D eigenvalue weighted by Crippen LogP contribution is 2.29. The third kappa shape index (κ3) is 1.11. The molecule has 1 heterocycles. The number of rotatable bonds is 1. The summed E-state index contributed by atoms with van der Waals surface area (Å²) in [5, 5.41) is 9.44. The summed E-state index contributed by atoms with van der Waals surface area (Å²) in [7, 11) is 3.42. The minimum atomic E-state index is 0.119. The molecule has 0 aliphatic heterocycles. The molecule has 0 saturated carbocycles. The minimum Gasteiger partial charge on any atom is -0.504 e. The Morgan fingerprint density at radius 2 is 2.23 bits per heavy atom. The van der Waals surface area contributed by atoms with Gasteiger partial charge in [-0.2, -0.15) is 0 Å². The van der Waals surface area contributed by atoms with Gasteiger partial charge >= 0.3 is 0 Å². The Bertz CT molecular complexity index is 448. The first kappa shape index (κ1) is 7.91. The van der Waals surface area contributed by atoms with Crippen molar-refractivity contribution in [1.29, 1.82) is 0 Å². The van der Waals surface area contributed by atoms with E-state index in [0.717, 1.165) is 11.0 Å². The summed E-state index contributed by atoms with van der Waals surface area (Å²) in [6.45, 7) is 0. The molecule has 0 radical (unpaired) electrons. The second-order valence-corrected chi connectivity index (χ2v) is 2.87. The summed E-state index contributed by atoms with van der Waals surface area (Å²) in [5.74, 6) is 0.588. The van der Waals surface area contributed by atoms with Crippen molar-refractivity contribution in [3.05, 3.63) is 18.5 Å². The number of imidazole rings is 1. The number of benzene rings is 1. The topological polar surface area (TPSA) is 47.3 Å². The van der Waals surface area contributed by atoms with Crippen LogP contribution in [0.2, 0.25) is 0 Å². The normalized spacial score (nSPS) is 10.6. The van der Waals surface area contributed by atoms with Crippen LogP contribution in [0.15, 0.2) is 18.5 Å². The van der Waals surface area contributed by atoms with Gasteiger partial charge in [0.25, 0.3) is 0 Å². The molecule has 0 saturated heterocycles. The lowest BCUT2D eigenvalue weighted by atomic mass is 10.3. The molecule has 0 amide bonds. The highest BCUT2D eigenvalue weighted by Gasteiger charge is 2.06. The number of aromatic nitrogens is 2. The molecule has 0 atom stereocenters. The van der Waals surface area contributed by atoms with Crippen molar-refractivity contribution in [3.8, 4) is 11.5 Å². The van der Waals surface area contributed by atoms with Gasteiger partial charge in [0.2, 0.25) is 0 Å². The molecule has 2 rings (SSSR count). The number of nitrogens with zero attached hydrogens (tertiary/aromatic N) is 2. The zero-order chi connectivity index (χ0) is 9.42. The van der Waals surface area contributed by atoms with Gasteiger partial charge in [0.1, 0.15) is 0 Å². The minimum absolute atomic E-state index is 0.119. The molecule has 0 aliphatic carbocycles. The molecular formula is C9H10N2O2. The van der Waals surface area contributed by atoms with E-state index in [4.69, 9.17) is 4.74 Å². The smallest absolute Gasteiger partial charge is 0.162 e. The van der Waals surface area contributed by atoms with Gasteiger partial charge in [0.15, 0.2) is 11.5 Å². The summed E-state index contributed by atoms with van der Waals surface area (Å²) in [5.41, 5.74) is 1.70. The van der Waals surface area contributed by atoms with E-state index < -0.39 is 0 Å². The van der Waals surface area contributed by atoms with Crippen LogP contribution in [0.1, 0.15) is 0 Å². The van der Waals surface area contributed by atoms with Crippen molar-refractivity contribution in [2.45, 2.75) is 0 Å². The maximum Gasteiger partial charge on any atom is 0.162 e. The molecule has 0 fully saturated rings. The van der Waals surface area contributed by atoms with E-state index in [-0.39, 0.29) is 5.75 Å². The lowest BCUT2D eigenvalue weighted by Crippen LogP contribution is -1.87. The zero-order valence-electron chi connectivity index (χ0n) is 7.48. The Labute approximate surface area is 75.4 Å². The number of phenolic OH excluding ortho intramolecular Hbond substituents is 1. The third-order valence-corrected chi connectivity index (χ3v) is 2.03. The number of aromatic hydroxyl groups is 1. The van der Waals surface area contributed by atoms with Crippen LogP contribution >= 0.6 is 0 Å². The summed E-state index contributed by atoms with van der Waals surface area (Å²) in [6, 6.07) is 3.35. The van der Waals surface area contributed by atoms with Crippen LogP contribution in [-0.4, -0.2) is 21.8 Å². The zero-order valence-corrected chi connectivity index (χ0v) is 7.48. The second-order valence-electron chi connectivity index (χ2n) is 2.87. The number of aryl methyl sites for hydroxylation is 1. The molecule has 4 heteroatoms. The Morgan fingerprint density at radius 1 is 1.46 bits per heavy atom. The van der Waals surface area contributed by atoms with Gasteiger partial charge in [-0.1, -0.05) is 0 Å². The lowest BCUT2D eigenvalue weighted by Gasteiger charge is -2.03. The van der Waals surface area contributed by atoms with Crippen molar-refractivity contribution in [3.63, 3.8) is 0 Å². The molecule has 1 N–H and O–H groups in total. The number of hydrogen-bond donors (Lipinski definition) is 1. The molecule has 1 aromatic carbocycles. The van der Waals surface area contributed by atoms with Gasteiger partial charge in [-0.05, 0) is 0 Å². The van der Waals surface area contributed by atoms with Crippen molar-refractivity contribution in [1.82, 2.24) is 9.55 Å². The van der Waals surface area contributed by atoms with Crippen molar-refractivity contribution in [2.24, 2.45) is 7.05 Å². The van der Waals surface area contributed by atoms with Crippen LogP contribution < -0.4 is 4.74 Å². The maximum absolute atomic E-state index is 9.44. The first-order valence-corrected chi connectivity index (χ1v) is 3.90. The second kappa shape index (κ2) is 2.65. The molecule has 13 heavy (non-hydrogen) atoms. The van der Waals surface area contributed by atoms with Crippen molar-refractivity contribution in [2.75, 3.05) is 7.11 Å². The predicted octanol–water partition coefficient (Wildman–Crippen LogP) is 1.29. The molecule has 0 spiro atoms. The molecule has 0 aliphatic rings. The molecular weight excluding hydrogens is 168 g/mol. The van der Waals surface area contributed by atoms with Crippen LogP contribution in [0, 0.1) is 0 Å². The lowest BCUT2D eigenvalue weighted by molar-refractivity contribution is 0.374. The van der Waals surface area contributed by atoms with Crippen LogP contribution in [0.5, 0.6) is 11.5 Å². The summed E-state index contributed by atoms with van der Waals surface area (Å²) in [4.78, 5) is 4.10. The quantitative estimate of drug-likeness (QED) is 0.715. The predicted molar refractivity (Wildman–Crippen MR) is 48.9 cm³/mol. The largest absolute Gasteiger partial charge is 0.504 e.